The molecule has 0 amide bonds. The van der Waals surface area contributed by atoms with Crippen molar-refractivity contribution in [3.8, 4) is 17.3 Å². The van der Waals surface area contributed by atoms with Crippen LogP contribution in [0.15, 0.2) is 22.9 Å². The number of rotatable bonds is 4. The minimum atomic E-state index is 0.290. The summed E-state index contributed by atoms with van der Waals surface area (Å²) < 4.78 is 10.6. The summed E-state index contributed by atoms with van der Waals surface area (Å²) in [6, 6.07) is 4.71. The van der Waals surface area contributed by atoms with E-state index in [-0.39, 0.29) is 6.04 Å². The average Bonchev–Trinajstić information content (AvgIpc) is 3.14. The largest absolute Gasteiger partial charge is 0.481 e. The molecule has 1 saturated heterocycles. The molecule has 6 nitrogen and oxygen atoms in total. The fraction of sp³-hybridized carbons (Fsp3) is 0.562. The Morgan fingerprint density at radius 3 is 2.82 bits per heavy atom. The van der Waals surface area contributed by atoms with Gasteiger partial charge in [-0.25, -0.2) is 4.98 Å². The number of nitrogens with zero attached hydrogens (tertiary/aromatic N) is 4. The van der Waals surface area contributed by atoms with E-state index in [1.807, 2.05) is 12.1 Å². The number of hydrogen-bond acceptors (Lipinski definition) is 6. The standard InChI is InChI=1S/C16H20N4O2/c1-21-14-8-7-11(10-17-14)15-18-16(22-19-15)13-6-3-9-20(13)12-4-2-5-12/h7-8,10,12-13H,2-6,9H2,1H3/t13-/m0/s1. The number of ether oxygens (including phenoxy) is 1. The van der Waals surface area contributed by atoms with Crippen molar-refractivity contribution in [1.29, 1.82) is 0 Å². The molecular formula is C16H20N4O2. The molecule has 1 atom stereocenters. The normalized spacial score (nSPS) is 22.7. The van der Waals surface area contributed by atoms with Gasteiger partial charge in [-0.15, -0.1) is 0 Å². The molecular weight excluding hydrogens is 280 g/mol. The Hall–Kier alpha value is -1.95. The van der Waals surface area contributed by atoms with E-state index in [4.69, 9.17) is 9.26 Å². The highest BCUT2D eigenvalue weighted by Crippen LogP contribution is 2.38. The molecule has 22 heavy (non-hydrogen) atoms. The molecule has 6 heteroatoms. The van der Waals surface area contributed by atoms with Gasteiger partial charge < -0.3 is 9.26 Å². The lowest BCUT2D eigenvalue weighted by molar-refractivity contribution is 0.0966. The fourth-order valence-corrected chi connectivity index (χ4v) is 3.33. The molecule has 1 aliphatic heterocycles. The predicted molar refractivity (Wildman–Crippen MR) is 80.4 cm³/mol. The number of aromatic nitrogens is 3. The zero-order chi connectivity index (χ0) is 14.9. The maximum Gasteiger partial charge on any atom is 0.244 e. The third-order valence-electron chi connectivity index (χ3n) is 4.77. The average molecular weight is 300 g/mol. The van der Waals surface area contributed by atoms with Crippen molar-refractivity contribution in [2.45, 2.75) is 44.2 Å². The van der Waals surface area contributed by atoms with Crippen molar-refractivity contribution in [2.24, 2.45) is 0 Å². The van der Waals surface area contributed by atoms with Crippen molar-refractivity contribution in [2.75, 3.05) is 13.7 Å². The zero-order valence-corrected chi connectivity index (χ0v) is 12.7. The third kappa shape index (κ3) is 2.37. The number of pyridine rings is 1. The first-order valence-electron chi connectivity index (χ1n) is 7.95. The van der Waals surface area contributed by atoms with Gasteiger partial charge in [-0.3, -0.25) is 4.90 Å². The molecule has 2 aromatic heterocycles. The lowest BCUT2D eigenvalue weighted by Gasteiger charge is -2.37. The Kier molecular flexibility index (Phi) is 3.54. The molecule has 1 saturated carbocycles. The SMILES string of the molecule is COc1ccc(-c2noc([C@@H]3CCCN3C3CCC3)n2)cn1. The molecule has 3 heterocycles. The van der Waals surface area contributed by atoms with Crippen LogP contribution in [0.2, 0.25) is 0 Å². The molecule has 0 radical (unpaired) electrons. The van der Waals surface area contributed by atoms with E-state index in [0.29, 0.717) is 17.7 Å². The van der Waals surface area contributed by atoms with E-state index in [0.717, 1.165) is 24.4 Å². The van der Waals surface area contributed by atoms with Crippen LogP contribution in [0.3, 0.4) is 0 Å². The van der Waals surface area contributed by atoms with Gasteiger partial charge >= 0.3 is 0 Å². The molecule has 0 N–H and O–H groups in total. The van der Waals surface area contributed by atoms with Gasteiger partial charge in [-0.05, 0) is 38.3 Å². The van der Waals surface area contributed by atoms with Crippen LogP contribution in [0.1, 0.15) is 44.0 Å². The molecule has 4 rings (SSSR count). The van der Waals surface area contributed by atoms with E-state index in [9.17, 15) is 0 Å². The molecule has 0 aromatic carbocycles. The Labute approximate surface area is 129 Å². The molecule has 2 fully saturated rings. The van der Waals surface area contributed by atoms with E-state index < -0.39 is 0 Å². The van der Waals surface area contributed by atoms with Crippen LogP contribution < -0.4 is 4.74 Å². The van der Waals surface area contributed by atoms with E-state index >= 15 is 0 Å². The second-order valence-electron chi connectivity index (χ2n) is 6.03. The fourth-order valence-electron chi connectivity index (χ4n) is 3.33. The van der Waals surface area contributed by atoms with Crippen molar-refractivity contribution in [3.05, 3.63) is 24.2 Å². The first kappa shape index (κ1) is 13.7. The second kappa shape index (κ2) is 5.68. The van der Waals surface area contributed by atoms with E-state index in [2.05, 4.69) is 20.0 Å². The number of hydrogen-bond donors (Lipinski definition) is 0. The molecule has 0 bridgehead atoms. The summed E-state index contributed by atoms with van der Waals surface area (Å²) in [6.07, 6.45) is 7.99. The van der Waals surface area contributed by atoms with Gasteiger partial charge in [0.2, 0.25) is 17.6 Å². The Bertz CT molecular complexity index is 636. The maximum absolute atomic E-state index is 5.55. The number of methoxy groups -OCH3 is 1. The van der Waals surface area contributed by atoms with Gasteiger partial charge in [-0.1, -0.05) is 11.6 Å². The molecule has 2 aromatic rings. The van der Waals surface area contributed by atoms with Gasteiger partial charge in [0.1, 0.15) is 0 Å². The first-order valence-corrected chi connectivity index (χ1v) is 7.95. The highest BCUT2D eigenvalue weighted by atomic mass is 16.5. The van der Waals surface area contributed by atoms with Crippen molar-refractivity contribution in [3.63, 3.8) is 0 Å². The predicted octanol–water partition coefficient (Wildman–Crippen LogP) is 2.83. The molecule has 116 valence electrons. The Balaban J connectivity index is 1.55. The first-order chi connectivity index (χ1) is 10.8. The van der Waals surface area contributed by atoms with Gasteiger partial charge in [-0.2, -0.15) is 4.98 Å². The van der Waals surface area contributed by atoms with E-state index in [1.165, 1.54) is 25.7 Å². The maximum atomic E-state index is 5.55. The Morgan fingerprint density at radius 2 is 2.14 bits per heavy atom. The van der Waals surface area contributed by atoms with Crippen LogP contribution in [0, 0.1) is 0 Å². The van der Waals surface area contributed by atoms with E-state index in [1.54, 1.807) is 13.3 Å². The van der Waals surface area contributed by atoms with Crippen LogP contribution >= 0.6 is 0 Å². The number of likely N-dealkylation sites (tertiary alicyclic amines) is 1. The summed E-state index contributed by atoms with van der Waals surface area (Å²) in [5.41, 5.74) is 0.851. The van der Waals surface area contributed by atoms with Crippen LogP contribution in [0.25, 0.3) is 11.4 Å². The zero-order valence-electron chi connectivity index (χ0n) is 12.7. The monoisotopic (exact) mass is 300 g/mol. The lowest BCUT2D eigenvalue weighted by atomic mass is 9.91. The van der Waals surface area contributed by atoms with Gasteiger partial charge in [0, 0.05) is 23.9 Å². The minimum absolute atomic E-state index is 0.290. The van der Waals surface area contributed by atoms with Crippen molar-refractivity contribution >= 4 is 0 Å². The molecule has 0 spiro atoms. The van der Waals surface area contributed by atoms with Crippen LogP contribution in [-0.4, -0.2) is 39.7 Å². The van der Waals surface area contributed by atoms with Crippen molar-refractivity contribution in [1.82, 2.24) is 20.0 Å². The van der Waals surface area contributed by atoms with Crippen LogP contribution in [0.5, 0.6) is 5.88 Å². The van der Waals surface area contributed by atoms with Gasteiger partial charge in [0.05, 0.1) is 13.2 Å². The van der Waals surface area contributed by atoms with Gasteiger partial charge in [0.25, 0.3) is 0 Å². The summed E-state index contributed by atoms with van der Waals surface area (Å²) in [6.45, 7) is 1.15. The minimum Gasteiger partial charge on any atom is -0.481 e. The quantitative estimate of drug-likeness (QED) is 0.865. The second-order valence-corrected chi connectivity index (χ2v) is 6.03. The summed E-state index contributed by atoms with van der Waals surface area (Å²) in [5.74, 6) is 1.93. The van der Waals surface area contributed by atoms with Crippen LogP contribution in [-0.2, 0) is 0 Å². The van der Waals surface area contributed by atoms with Crippen molar-refractivity contribution < 1.29 is 9.26 Å². The smallest absolute Gasteiger partial charge is 0.244 e. The summed E-state index contributed by atoms with van der Waals surface area (Å²) >= 11 is 0. The summed E-state index contributed by atoms with van der Waals surface area (Å²) in [5, 5.41) is 4.13. The highest BCUT2D eigenvalue weighted by Gasteiger charge is 2.37. The molecule has 0 unspecified atom stereocenters. The van der Waals surface area contributed by atoms with Crippen LogP contribution in [0.4, 0.5) is 0 Å². The summed E-state index contributed by atoms with van der Waals surface area (Å²) in [7, 11) is 1.60. The molecule has 2 aliphatic rings. The molecule has 1 aliphatic carbocycles. The summed E-state index contributed by atoms with van der Waals surface area (Å²) in [4.78, 5) is 11.3. The topological polar surface area (TPSA) is 64.3 Å². The third-order valence-corrected chi connectivity index (χ3v) is 4.77. The van der Waals surface area contributed by atoms with Gasteiger partial charge in [0.15, 0.2) is 0 Å². The lowest BCUT2D eigenvalue weighted by Crippen LogP contribution is -2.39. The Morgan fingerprint density at radius 1 is 1.23 bits per heavy atom. The highest BCUT2D eigenvalue weighted by molar-refractivity contribution is 5.53.